The van der Waals surface area contributed by atoms with Crippen LogP contribution < -0.4 is 10.6 Å². The van der Waals surface area contributed by atoms with Crippen molar-refractivity contribution >= 4 is 5.91 Å². The molecule has 0 radical (unpaired) electrons. The van der Waals surface area contributed by atoms with Crippen molar-refractivity contribution in [1.82, 2.24) is 10.6 Å². The van der Waals surface area contributed by atoms with E-state index in [0.29, 0.717) is 0 Å². The van der Waals surface area contributed by atoms with Crippen molar-refractivity contribution in [3.63, 3.8) is 0 Å². The van der Waals surface area contributed by atoms with E-state index >= 15 is 0 Å². The third-order valence-corrected chi connectivity index (χ3v) is 6.36. The molecule has 4 heteroatoms. The standard InChI is InChI=1S/C23H28N2O2/c1-3-16-8-4-5-9-17(16)22(26)25-20-18-10-6-7-11-19(18)23(21(20)27-2)12-14-24-15-13-23/h4-11,20-21,24H,3,12-15H2,1-2H3,(H,25,26)/t20-,21+/m1/s1. The molecular weight excluding hydrogens is 336 g/mol. The van der Waals surface area contributed by atoms with E-state index in [2.05, 4.69) is 41.8 Å². The van der Waals surface area contributed by atoms with E-state index in [0.717, 1.165) is 43.5 Å². The Hall–Kier alpha value is -2.17. The van der Waals surface area contributed by atoms with Crippen LogP contribution in [-0.2, 0) is 16.6 Å². The van der Waals surface area contributed by atoms with Gasteiger partial charge in [-0.05, 0) is 55.1 Å². The molecule has 2 aromatic rings. The second-order valence-electron chi connectivity index (χ2n) is 7.61. The quantitative estimate of drug-likeness (QED) is 0.875. The Morgan fingerprint density at radius 2 is 1.85 bits per heavy atom. The molecule has 2 N–H and O–H groups in total. The van der Waals surface area contributed by atoms with Crippen molar-refractivity contribution in [2.24, 2.45) is 0 Å². The highest BCUT2D eigenvalue weighted by atomic mass is 16.5. The molecule has 1 heterocycles. The van der Waals surface area contributed by atoms with Crippen LogP contribution >= 0.6 is 0 Å². The number of nitrogens with one attached hydrogen (secondary N) is 2. The van der Waals surface area contributed by atoms with E-state index in [1.54, 1.807) is 7.11 Å². The second-order valence-corrected chi connectivity index (χ2v) is 7.61. The number of rotatable bonds is 4. The lowest BCUT2D eigenvalue weighted by Crippen LogP contribution is -2.49. The normalized spacial score (nSPS) is 23.2. The van der Waals surface area contributed by atoms with Crippen molar-refractivity contribution in [2.75, 3.05) is 20.2 Å². The number of aryl methyl sites for hydroxylation is 1. The first-order chi connectivity index (χ1) is 13.2. The molecule has 0 unspecified atom stereocenters. The minimum atomic E-state index is -0.123. The summed E-state index contributed by atoms with van der Waals surface area (Å²) in [5.41, 5.74) is 4.35. The van der Waals surface area contributed by atoms with Crippen LogP contribution in [0, 0.1) is 0 Å². The summed E-state index contributed by atoms with van der Waals surface area (Å²) in [6.07, 6.45) is 2.85. The summed E-state index contributed by atoms with van der Waals surface area (Å²) in [6, 6.07) is 16.3. The maximum Gasteiger partial charge on any atom is 0.252 e. The fourth-order valence-electron chi connectivity index (χ4n) is 5.07. The monoisotopic (exact) mass is 364 g/mol. The number of carbonyl (C=O) groups excluding carboxylic acids is 1. The largest absolute Gasteiger partial charge is 0.378 e. The first-order valence-electron chi connectivity index (χ1n) is 9.93. The minimum Gasteiger partial charge on any atom is -0.378 e. The number of hydrogen-bond donors (Lipinski definition) is 2. The van der Waals surface area contributed by atoms with Crippen LogP contribution in [0.25, 0.3) is 0 Å². The van der Waals surface area contributed by atoms with Crippen LogP contribution in [0.15, 0.2) is 48.5 Å². The number of amides is 1. The molecule has 1 fully saturated rings. The van der Waals surface area contributed by atoms with Gasteiger partial charge in [0.25, 0.3) is 5.91 Å². The number of hydrogen-bond acceptors (Lipinski definition) is 3. The molecule has 1 aliphatic heterocycles. The van der Waals surface area contributed by atoms with Gasteiger partial charge in [-0.3, -0.25) is 4.79 Å². The van der Waals surface area contributed by atoms with Gasteiger partial charge in [-0.25, -0.2) is 0 Å². The fourth-order valence-corrected chi connectivity index (χ4v) is 5.07. The summed E-state index contributed by atoms with van der Waals surface area (Å²) in [7, 11) is 1.78. The Bertz CT molecular complexity index is 827. The molecule has 0 bridgehead atoms. The summed E-state index contributed by atoms with van der Waals surface area (Å²) in [5, 5.41) is 6.78. The van der Waals surface area contributed by atoms with E-state index < -0.39 is 0 Å². The van der Waals surface area contributed by atoms with Crippen LogP contribution in [0.2, 0.25) is 0 Å². The molecule has 4 nitrogen and oxygen atoms in total. The number of carbonyl (C=O) groups is 1. The Labute approximate surface area is 161 Å². The third kappa shape index (κ3) is 2.97. The van der Waals surface area contributed by atoms with Crippen LogP contribution in [-0.4, -0.2) is 32.2 Å². The Kier molecular flexibility index (Phi) is 5.02. The zero-order chi connectivity index (χ0) is 18.9. The van der Waals surface area contributed by atoms with Gasteiger partial charge < -0.3 is 15.4 Å². The smallest absolute Gasteiger partial charge is 0.252 e. The van der Waals surface area contributed by atoms with Crippen molar-refractivity contribution in [1.29, 1.82) is 0 Å². The lowest BCUT2D eigenvalue weighted by molar-refractivity contribution is 0.00396. The van der Waals surface area contributed by atoms with E-state index in [4.69, 9.17) is 4.74 Å². The number of benzene rings is 2. The fraction of sp³-hybridized carbons (Fsp3) is 0.435. The number of methoxy groups -OCH3 is 1. The average Bonchev–Trinajstić information content (AvgIpc) is 2.97. The molecular formula is C23H28N2O2. The molecule has 142 valence electrons. The van der Waals surface area contributed by atoms with E-state index in [1.165, 1.54) is 11.1 Å². The van der Waals surface area contributed by atoms with Gasteiger partial charge in [0.1, 0.15) is 0 Å². The van der Waals surface area contributed by atoms with E-state index in [1.807, 2.05) is 24.3 Å². The maximum atomic E-state index is 13.1. The van der Waals surface area contributed by atoms with Gasteiger partial charge in [-0.15, -0.1) is 0 Å². The zero-order valence-electron chi connectivity index (χ0n) is 16.1. The van der Waals surface area contributed by atoms with Gasteiger partial charge in [-0.1, -0.05) is 49.4 Å². The molecule has 4 rings (SSSR count). The summed E-state index contributed by atoms with van der Waals surface area (Å²) >= 11 is 0. The SMILES string of the molecule is CCc1ccccc1C(=O)N[C@@H]1c2ccccc2C2(CCNCC2)[C@H]1OC. The third-order valence-electron chi connectivity index (χ3n) is 6.36. The molecule has 1 aliphatic carbocycles. The molecule has 2 aromatic carbocycles. The molecule has 0 aromatic heterocycles. The predicted octanol–water partition coefficient (Wildman–Crippen LogP) is 3.37. The van der Waals surface area contributed by atoms with Gasteiger partial charge >= 0.3 is 0 Å². The first kappa shape index (κ1) is 18.2. The summed E-state index contributed by atoms with van der Waals surface area (Å²) in [4.78, 5) is 13.1. The predicted molar refractivity (Wildman–Crippen MR) is 107 cm³/mol. The molecule has 1 spiro atoms. The maximum absolute atomic E-state index is 13.1. The van der Waals surface area contributed by atoms with Crippen LogP contribution in [0.1, 0.15) is 52.9 Å². The number of piperidine rings is 1. The van der Waals surface area contributed by atoms with E-state index in [-0.39, 0.29) is 23.5 Å². The van der Waals surface area contributed by atoms with Gasteiger partial charge in [0, 0.05) is 18.1 Å². The molecule has 2 aliphatic rings. The Morgan fingerprint density at radius 1 is 1.15 bits per heavy atom. The lowest BCUT2D eigenvalue weighted by atomic mass is 9.72. The topological polar surface area (TPSA) is 50.4 Å². The number of ether oxygens (including phenoxy) is 1. The average molecular weight is 364 g/mol. The van der Waals surface area contributed by atoms with Gasteiger partial charge in [0.15, 0.2) is 0 Å². The van der Waals surface area contributed by atoms with Gasteiger partial charge in [-0.2, -0.15) is 0 Å². The molecule has 0 saturated carbocycles. The van der Waals surface area contributed by atoms with E-state index in [9.17, 15) is 4.79 Å². The molecule has 27 heavy (non-hydrogen) atoms. The molecule has 1 saturated heterocycles. The second kappa shape index (κ2) is 7.45. The Morgan fingerprint density at radius 3 is 2.59 bits per heavy atom. The van der Waals surface area contributed by atoms with Gasteiger partial charge in [0.2, 0.25) is 0 Å². The van der Waals surface area contributed by atoms with Crippen LogP contribution in [0.3, 0.4) is 0 Å². The lowest BCUT2D eigenvalue weighted by Gasteiger charge is -2.40. The highest BCUT2D eigenvalue weighted by molar-refractivity contribution is 5.96. The summed E-state index contributed by atoms with van der Waals surface area (Å²) in [5.74, 6) is -0.0136. The first-order valence-corrected chi connectivity index (χ1v) is 9.93. The van der Waals surface area contributed by atoms with Crippen molar-refractivity contribution < 1.29 is 9.53 Å². The van der Waals surface area contributed by atoms with Crippen molar-refractivity contribution in [3.8, 4) is 0 Å². The highest BCUT2D eigenvalue weighted by Crippen LogP contribution is 2.51. The highest BCUT2D eigenvalue weighted by Gasteiger charge is 2.53. The van der Waals surface area contributed by atoms with Crippen LogP contribution in [0.4, 0.5) is 0 Å². The van der Waals surface area contributed by atoms with Crippen molar-refractivity contribution in [3.05, 3.63) is 70.8 Å². The Balaban J connectivity index is 1.71. The minimum absolute atomic E-state index is 0.0136. The molecule has 1 amide bonds. The van der Waals surface area contributed by atoms with Crippen molar-refractivity contribution in [2.45, 2.75) is 43.7 Å². The molecule has 2 atom stereocenters. The summed E-state index contributed by atoms with van der Waals surface area (Å²) < 4.78 is 6.05. The van der Waals surface area contributed by atoms with Gasteiger partial charge in [0.05, 0.1) is 12.1 Å². The zero-order valence-corrected chi connectivity index (χ0v) is 16.1. The number of fused-ring (bicyclic) bond motifs is 2. The van der Waals surface area contributed by atoms with Crippen LogP contribution in [0.5, 0.6) is 0 Å². The summed E-state index contributed by atoms with van der Waals surface area (Å²) in [6.45, 7) is 4.04.